The monoisotopic (exact) mass is 144 g/mol. The quantitative estimate of drug-likeness (QED) is 0.419. The van der Waals surface area contributed by atoms with Gasteiger partial charge in [-0.2, -0.15) is 0 Å². The molecule has 0 radical (unpaired) electrons. The summed E-state index contributed by atoms with van der Waals surface area (Å²) < 4.78 is 0. The molecule has 0 unspecified atom stereocenters. The summed E-state index contributed by atoms with van der Waals surface area (Å²) in [6.07, 6.45) is 9.63. The summed E-state index contributed by atoms with van der Waals surface area (Å²) in [6, 6.07) is 0. The first-order valence-electron chi connectivity index (χ1n) is 3.33. The van der Waals surface area contributed by atoms with E-state index in [1.165, 1.54) is 18.4 Å². The molecule has 0 rings (SSSR count). The van der Waals surface area contributed by atoms with E-state index < -0.39 is 0 Å². The lowest BCUT2D eigenvalue weighted by Crippen LogP contribution is -1.64. The van der Waals surface area contributed by atoms with E-state index in [0.717, 1.165) is 6.42 Å². The Morgan fingerprint density at radius 3 is 2.67 bits per heavy atom. The fourth-order valence-corrected chi connectivity index (χ4v) is 0.623. The van der Waals surface area contributed by atoms with Gasteiger partial charge in [-0.05, 0) is 6.42 Å². The fourth-order valence-electron chi connectivity index (χ4n) is 0.539. The average molecular weight is 145 g/mol. The van der Waals surface area contributed by atoms with Crippen LogP contribution in [0, 0.1) is 0 Å². The van der Waals surface area contributed by atoms with Crippen LogP contribution in [0.1, 0.15) is 26.2 Å². The standard InChI is InChI=1S/C8H13Cl/c1-2-3-4-5-6-7-8-9/h5-8H,2-4H2,1H3/b6-5+,8-7+. The molecule has 9 heavy (non-hydrogen) atoms. The lowest BCUT2D eigenvalue weighted by Gasteiger charge is -1.84. The minimum atomic E-state index is 1.16. The van der Waals surface area contributed by atoms with Gasteiger partial charge in [0.2, 0.25) is 0 Å². The molecule has 0 atom stereocenters. The molecular weight excluding hydrogens is 132 g/mol. The number of rotatable bonds is 4. The third-order valence-corrected chi connectivity index (χ3v) is 1.19. The Kier molecular flexibility index (Phi) is 7.57. The summed E-state index contributed by atoms with van der Waals surface area (Å²) in [4.78, 5) is 0. The van der Waals surface area contributed by atoms with Gasteiger partial charge >= 0.3 is 0 Å². The summed E-state index contributed by atoms with van der Waals surface area (Å²) in [5, 5.41) is 0. The third kappa shape index (κ3) is 7.77. The molecule has 0 aliphatic heterocycles. The van der Waals surface area contributed by atoms with Crippen LogP contribution < -0.4 is 0 Å². The second kappa shape index (κ2) is 7.77. The first-order chi connectivity index (χ1) is 4.41. The van der Waals surface area contributed by atoms with Crippen molar-refractivity contribution >= 4 is 11.6 Å². The van der Waals surface area contributed by atoms with E-state index in [0.29, 0.717) is 0 Å². The zero-order chi connectivity index (χ0) is 6.95. The van der Waals surface area contributed by atoms with Crippen LogP contribution >= 0.6 is 11.6 Å². The topological polar surface area (TPSA) is 0 Å². The van der Waals surface area contributed by atoms with Gasteiger partial charge in [-0.3, -0.25) is 0 Å². The van der Waals surface area contributed by atoms with Crippen LogP contribution in [-0.2, 0) is 0 Å². The van der Waals surface area contributed by atoms with E-state index in [-0.39, 0.29) is 0 Å². The van der Waals surface area contributed by atoms with E-state index in [1.54, 1.807) is 0 Å². The van der Waals surface area contributed by atoms with Crippen molar-refractivity contribution in [2.24, 2.45) is 0 Å². The largest absolute Gasteiger partial charge is 0.0930 e. The molecule has 52 valence electrons. The van der Waals surface area contributed by atoms with Gasteiger partial charge in [0.15, 0.2) is 0 Å². The maximum Gasteiger partial charge on any atom is 0.00423 e. The van der Waals surface area contributed by atoms with Gasteiger partial charge in [0.25, 0.3) is 0 Å². The Bertz CT molecular complexity index is 92.7. The Labute approximate surface area is 62.2 Å². The summed E-state index contributed by atoms with van der Waals surface area (Å²) in [6.45, 7) is 2.19. The molecule has 0 aromatic heterocycles. The second-order valence-corrected chi connectivity index (χ2v) is 2.14. The molecule has 0 saturated carbocycles. The van der Waals surface area contributed by atoms with Crippen molar-refractivity contribution in [2.75, 3.05) is 0 Å². The molecule has 0 aromatic rings. The molecular formula is C8H13Cl. The molecule has 0 bridgehead atoms. The zero-order valence-corrected chi connectivity index (χ0v) is 6.56. The van der Waals surface area contributed by atoms with Crippen molar-refractivity contribution in [3.63, 3.8) is 0 Å². The van der Waals surface area contributed by atoms with Crippen LogP contribution in [0.15, 0.2) is 23.8 Å². The normalized spacial score (nSPS) is 11.8. The molecule has 0 aromatic carbocycles. The van der Waals surface area contributed by atoms with Gasteiger partial charge in [-0.15, -0.1) is 0 Å². The number of allylic oxidation sites excluding steroid dienone is 3. The molecule has 0 amide bonds. The van der Waals surface area contributed by atoms with Crippen LogP contribution in [0.3, 0.4) is 0 Å². The summed E-state index contributed by atoms with van der Waals surface area (Å²) in [7, 11) is 0. The summed E-state index contributed by atoms with van der Waals surface area (Å²) in [5.74, 6) is 0. The van der Waals surface area contributed by atoms with Crippen LogP contribution in [-0.4, -0.2) is 0 Å². The van der Waals surface area contributed by atoms with Crippen molar-refractivity contribution < 1.29 is 0 Å². The minimum absolute atomic E-state index is 1.16. The van der Waals surface area contributed by atoms with Crippen molar-refractivity contribution in [1.29, 1.82) is 0 Å². The highest BCUT2D eigenvalue weighted by atomic mass is 35.5. The van der Waals surface area contributed by atoms with Crippen LogP contribution in [0.5, 0.6) is 0 Å². The maximum atomic E-state index is 5.28. The van der Waals surface area contributed by atoms with Gasteiger partial charge in [0, 0.05) is 5.54 Å². The van der Waals surface area contributed by atoms with Crippen molar-refractivity contribution in [3.05, 3.63) is 23.8 Å². The number of halogens is 1. The minimum Gasteiger partial charge on any atom is -0.0930 e. The van der Waals surface area contributed by atoms with E-state index in [9.17, 15) is 0 Å². The SMILES string of the molecule is CCCC/C=C/C=C/Cl. The Hall–Kier alpha value is -0.230. The van der Waals surface area contributed by atoms with Gasteiger partial charge in [-0.1, -0.05) is 49.6 Å². The average Bonchev–Trinajstić information content (AvgIpc) is 1.89. The highest BCUT2D eigenvalue weighted by molar-refractivity contribution is 6.25. The fraction of sp³-hybridized carbons (Fsp3) is 0.500. The molecule has 0 aliphatic carbocycles. The van der Waals surface area contributed by atoms with Gasteiger partial charge in [-0.25, -0.2) is 0 Å². The van der Waals surface area contributed by atoms with E-state index in [1.807, 2.05) is 12.2 Å². The van der Waals surface area contributed by atoms with Gasteiger partial charge in [0.1, 0.15) is 0 Å². The zero-order valence-electron chi connectivity index (χ0n) is 5.81. The van der Waals surface area contributed by atoms with Crippen LogP contribution in [0.2, 0.25) is 0 Å². The molecule has 0 N–H and O–H groups in total. The van der Waals surface area contributed by atoms with Crippen molar-refractivity contribution in [2.45, 2.75) is 26.2 Å². The Morgan fingerprint density at radius 1 is 1.33 bits per heavy atom. The van der Waals surface area contributed by atoms with E-state index in [4.69, 9.17) is 11.6 Å². The predicted octanol–water partition coefficient (Wildman–Crippen LogP) is 3.49. The number of unbranched alkanes of at least 4 members (excludes halogenated alkanes) is 2. The summed E-state index contributed by atoms with van der Waals surface area (Å²) in [5.41, 5.74) is 1.52. The second-order valence-electron chi connectivity index (χ2n) is 1.89. The van der Waals surface area contributed by atoms with E-state index >= 15 is 0 Å². The lowest BCUT2D eigenvalue weighted by molar-refractivity contribution is 0.815. The van der Waals surface area contributed by atoms with Gasteiger partial charge in [0.05, 0.1) is 0 Å². The predicted molar refractivity (Wildman–Crippen MR) is 43.7 cm³/mol. The van der Waals surface area contributed by atoms with Crippen molar-refractivity contribution in [1.82, 2.24) is 0 Å². The highest BCUT2D eigenvalue weighted by Gasteiger charge is 1.74. The first-order valence-corrected chi connectivity index (χ1v) is 3.77. The smallest absolute Gasteiger partial charge is 0.00423 e. The van der Waals surface area contributed by atoms with Crippen LogP contribution in [0.25, 0.3) is 0 Å². The van der Waals surface area contributed by atoms with E-state index in [2.05, 4.69) is 13.0 Å². The first kappa shape index (κ1) is 8.77. The van der Waals surface area contributed by atoms with Crippen LogP contribution in [0.4, 0.5) is 0 Å². The molecule has 0 heterocycles. The molecule has 0 fully saturated rings. The Balaban J connectivity index is 3.04. The van der Waals surface area contributed by atoms with Crippen molar-refractivity contribution in [3.8, 4) is 0 Å². The van der Waals surface area contributed by atoms with Gasteiger partial charge < -0.3 is 0 Å². The Morgan fingerprint density at radius 2 is 2.11 bits per heavy atom. The summed E-state index contributed by atoms with van der Waals surface area (Å²) >= 11 is 5.28. The number of hydrogen-bond donors (Lipinski definition) is 0. The molecule has 0 spiro atoms. The highest BCUT2D eigenvalue weighted by Crippen LogP contribution is 1.94. The molecule has 1 heteroatoms. The molecule has 0 nitrogen and oxygen atoms in total. The number of hydrogen-bond acceptors (Lipinski definition) is 0. The maximum absolute atomic E-state index is 5.28. The molecule has 0 saturated heterocycles. The lowest BCUT2D eigenvalue weighted by atomic mass is 10.2. The molecule has 0 aliphatic rings. The third-order valence-electron chi connectivity index (χ3n) is 1.04.